The van der Waals surface area contributed by atoms with Crippen LogP contribution in [-0.2, 0) is 33.3 Å². The molecule has 9 nitrogen and oxygen atoms in total. The minimum absolute atomic E-state index is 0.176. The lowest BCUT2D eigenvalue weighted by molar-refractivity contribution is -0.870. The highest BCUT2D eigenvalue weighted by atomic mass is 16.7. The maximum Gasteiger partial charge on any atom is 0.361 e. The molecule has 0 aromatic carbocycles. The number of likely N-dealkylation sites (N-methyl/N-ethyl adjacent to an activating group) is 1. The van der Waals surface area contributed by atoms with Gasteiger partial charge < -0.3 is 28.5 Å². The first-order valence-corrected chi connectivity index (χ1v) is 31.3. The molecule has 0 aliphatic carbocycles. The molecule has 0 bridgehead atoms. The van der Waals surface area contributed by atoms with Gasteiger partial charge in [0.05, 0.1) is 34.4 Å². The summed E-state index contributed by atoms with van der Waals surface area (Å²) in [6.07, 6.45) is 82.6. The third kappa shape index (κ3) is 60.9. The fourth-order valence-corrected chi connectivity index (χ4v) is 8.16. The van der Waals surface area contributed by atoms with Crippen molar-refractivity contribution in [1.82, 2.24) is 0 Å². The van der Waals surface area contributed by atoms with Crippen molar-refractivity contribution in [3.63, 3.8) is 0 Å². The number of allylic oxidation sites excluding steroid dienone is 22. The lowest BCUT2D eigenvalue weighted by Crippen LogP contribution is -2.40. The predicted octanol–water partition coefficient (Wildman–Crippen LogP) is 19.0. The monoisotopic (exact) mass is 1100 g/mol. The first-order chi connectivity index (χ1) is 38.6. The number of quaternary nitrogens is 1. The highest BCUT2D eigenvalue weighted by Gasteiger charge is 2.25. The van der Waals surface area contributed by atoms with Crippen molar-refractivity contribution in [3.05, 3.63) is 134 Å². The van der Waals surface area contributed by atoms with Gasteiger partial charge in [-0.25, -0.2) is 4.79 Å². The van der Waals surface area contributed by atoms with Crippen LogP contribution in [0.15, 0.2) is 134 Å². The molecule has 1 N–H and O–H groups in total. The summed E-state index contributed by atoms with van der Waals surface area (Å²) in [7, 11) is 5.95. The predicted molar refractivity (Wildman–Crippen MR) is 336 cm³/mol. The van der Waals surface area contributed by atoms with E-state index in [9.17, 15) is 19.5 Å². The fraction of sp³-hybridized carbons (Fsp3) is 0.643. The maximum atomic E-state index is 12.9. The molecule has 0 fully saturated rings. The molecular formula is C70H116NO8+. The molecule has 2 atom stereocenters. The number of nitrogens with zero attached hydrogens (tertiary/aromatic N) is 1. The standard InChI is InChI=1S/C70H115NO8/c1-6-8-10-12-14-16-18-20-22-24-26-27-28-29-30-31-32-33-34-35-36-37-38-39-40-41-43-45-47-49-51-53-55-57-59-61-68(73)79-66(65-78-70(69(74)75)76-63-62-71(3,4)5)64-77-67(72)60-58-56-54-52-50-48-46-44-42-25-23-21-19-17-15-13-11-9-7-2/h8-11,14-17,20-23,26-27,29-30,32-33,42,44,48,50,66,70H,6-7,12-13,18-19,24-25,28,31,34-41,43,45-47,49,51-65H2,1-5H3/p+1/b10-8-,11-9-,16-14-,17-15-,22-20-,23-21-,27-26-,30-29-,33-32-,44-42-,50-48-. The molecule has 9 heteroatoms. The Hall–Kier alpha value is -4.57. The van der Waals surface area contributed by atoms with Crippen molar-refractivity contribution in [2.24, 2.45) is 0 Å². The molecule has 0 saturated carbocycles. The van der Waals surface area contributed by atoms with E-state index in [4.69, 9.17) is 18.9 Å². The topological polar surface area (TPSA) is 108 Å². The van der Waals surface area contributed by atoms with Crippen LogP contribution < -0.4 is 0 Å². The second kappa shape index (κ2) is 59.5. The number of unbranched alkanes of at least 4 members (excludes halogenated alkanes) is 19. The Morgan fingerprint density at radius 2 is 0.684 bits per heavy atom. The van der Waals surface area contributed by atoms with Crippen molar-refractivity contribution >= 4 is 17.9 Å². The van der Waals surface area contributed by atoms with Crippen LogP contribution in [0.2, 0.25) is 0 Å². The van der Waals surface area contributed by atoms with Crippen LogP contribution in [0.25, 0.3) is 0 Å². The molecule has 0 heterocycles. The quantitative estimate of drug-likeness (QED) is 0.0211. The van der Waals surface area contributed by atoms with Gasteiger partial charge in [0.15, 0.2) is 6.10 Å². The number of hydrogen-bond donors (Lipinski definition) is 1. The Labute approximate surface area is 484 Å². The first kappa shape index (κ1) is 74.4. The summed E-state index contributed by atoms with van der Waals surface area (Å²) in [5.74, 6) is -2.06. The van der Waals surface area contributed by atoms with E-state index < -0.39 is 24.3 Å². The van der Waals surface area contributed by atoms with Crippen LogP contribution >= 0.6 is 0 Å². The van der Waals surface area contributed by atoms with Crippen LogP contribution in [0.3, 0.4) is 0 Å². The smallest absolute Gasteiger partial charge is 0.361 e. The van der Waals surface area contributed by atoms with Gasteiger partial charge in [0.1, 0.15) is 13.2 Å². The Morgan fingerprint density at radius 1 is 0.380 bits per heavy atom. The normalized spacial score (nSPS) is 13.7. The number of carboxylic acids is 1. The fourth-order valence-electron chi connectivity index (χ4n) is 8.16. The molecule has 0 saturated heterocycles. The molecule has 0 rings (SSSR count). The van der Waals surface area contributed by atoms with Gasteiger partial charge in [-0.3, -0.25) is 9.59 Å². The Bertz CT molecular complexity index is 1750. The largest absolute Gasteiger partial charge is 0.477 e. The van der Waals surface area contributed by atoms with Gasteiger partial charge >= 0.3 is 17.9 Å². The van der Waals surface area contributed by atoms with E-state index in [1.54, 1.807) is 0 Å². The maximum absolute atomic E-state index is 12.9. The highest BCUT2D eigenvalue weighted by molar-refractivity contribution is 5.71. The number of carbonyl (C=O) groups excluding carboxylic acids is 2. The highest BCUT2D eigenvalue weighted by Crippen LogP contribution is 2.16. The lowest BCUT2D eigenvalue weighted by Gasteiger charge is -2.25. The van der Waals surface area contributed by atoms with Gasteiger partial charge in [-0.15, -0.1) is 0 Å². The van der Waals surface area contributed by atoms with E-state index in [0.29, 0.717) is 23.9 Å². The number of carbonyl (C=O) groups is 3. The second-order valence-electron chi connectivity index (χ2n) is 21.6. The SMILES string of the molecule is CC/C=C\C/C=C\C/C=C\C/C=C\C/C=C\C/C=C\CCCCCCCCCCCCCCCCCCC(=O)OC(COC(=O)CCCCC/C=C\C/C=C\C/C=C\C/C=C\C/C=C\CC)COC(OCC[N+](C)(C)C)C(=O)O. The molecular weight excluding hydrogens is 983 g/mol. The third-order valence-electron chi connectivity index (χ3n) is 12.9. The van der Waals surface area contributed by atoms with Crippen LogP contribution in [-0.4, -0.2) is 87.4 Å². The van der Waals surface area contributed by atoms with Gasteiger partial charge in [0, 0.05) is 12.8 Å². The molecule has 0 amide bonds. The Morgan fingerprint density at radius 3 is 1.03 bits per heavy atom. The van der Waals surface area contributed by atoms with E-state index in [-0.39, 0.29) is 38.6 Å². The molecule has 0 aromatic rings. The van der Waals surface area contributed by atoms with Crippen molar-refractivity contribution in [1.29, 1.82) is 0 Å². The number of carboxylic acid groups (broad SMARTS) is 1. The second-order valence-corrected chi connectivity index (χ2v) is 21.6. The van der Waals surface area contributed by atoms with Crippen LogP contribution in [0.5, 0.6) is 0 Å². The molecule has 2 unspecified atom stereocenters. The summed E-state index contributed by atoms with van der Waals surface area (Å²) < 4.78 is 22.9. The van der Waals surface area contributed by atoms with E-state index in [2.05, 4.69) is 148 Å². The molecule has 0 aliphatic heterocycles. The van der Waals surface area contributed by atoms with Crippen molar-refractivity contribution in [3.8, 4) is 0 Å². The van der Waals surface area contributed by atoms with Crippen LogP contribution in [0.1, 0.15) is 232 Å². The number of aliphatic carboxylic acids is 1. The van der Waals surface area contributed by atoms with E-state index >= 15 is 0 Å². The zero-order valence-electron chi connectivity index (χ0n) is 51.0. The summed E-state index contributed by atoms with van der Waals surface area (Å²) in [5.41, 5.74) is 0. The number of ether oxygens (including phenoxy) is 4. The zero-order valence-corrected chi connectivity index (χ0v) is 51.0. The minimum Gasteiger partial charge on any atom is -0.477 e. The number of hydrogen-bond acceptors (Lipinski definition) is 7. The lowest BCUT2D eigenvalue weighted by atomic mass is 10.0. The first-order valence-electron chi connectivity index (χ1n) is 31.3. The van der Waals surface area contributed by atoms with Gasteiger partial charge in [-0.2, -0.15) is 0 Å². The molecule has 0 radical (unpaired) electrons. The summed E-state index contributed by atoms with van der Waals surface area (Å²) >= 11 is 0. The van der Waals surface area contributed by atoms with E-state index in [0.717, 1.165) is 109 Å². The summed E-state index contributed by atoms with van der Waals surface area (Å²) in [4.78, 5) is 37.5. The van der Waals surface area contributed by atoms with Crippen molar-refractivity contribution in [2.75, 3.05) is 47.5 Å². The van der Waals surface area contributed by atoms with E-state index in [1.807, 2.05) is 21.1 Å². The third-order valence-corrected chi connectivity index (χ3v) is 12.9. The molecule has 79 heavy (non-hydrogen) atoms. The van der Waals surface area contributed by atoms with Crippen LogP contribution in [0, 0.1) is 0 Å². The van der Waals surface area contributed by atoms with E-state index in [1.165, 1.54) is 83.5 Å². The van der Waals surface area contributed by atoms with Crippen molar-refractivity contribution < 1.29 is 42.9 Å². The van der Waals surface area contributed by atoms with Gasteiger partial charge in [-0.1, -0.05) is 244 Å². The minimum atomic E-state index is -1.53. The van der Waals surface area contributed by atoms with Gasteiger partial charge in [0.2, 0.25) is 0 Å². The van der Waals surface area contributed by atoms with Crippen molar-refractivity contribution in [2.45, 2.75) is 245 Å². The van der Waals surface area contributed by atoms with Crippen LogP contribution in [0.4, 0.5) is 0 Å². The van der Waals surface area contributed by atoms with Gasteiger partial charge in [0.25, 0.3) is 6.29 Å². The Kier molecular flexibility index (Phi) is 56.1. The molecule has 0 aromatic heterocycles. The molecule has 448 valence electrons. The summed E-state index contributed by atoms with van der Waals surface area (Å²) in [6.45, 7) is 4.60. The number of esters is 2. The average molecular weight is 1100 g/mol. The molecule has 0 aliphatic rings. The van der Waals surface area contributed by atoms with Gasteiger partial charge in [-0.05, 0) is 109 Å². The summed E-state index contributed by atoms with van der Waals surface area (Å²) in [6, 6.07) is 0. The zero-order chi connectivity index (χ0) is 57.6. The molecule has 0 spiro atoms. The average Bonchev–Trinajstić information content (AvgIpc) is 3.42. The Balaban J connectivity index is 4.18. The summed E-state index contributed by atoms with van der Waals surface area (Å²) in [5, 5.41) is 9.72. The number of rotatable bonds is 56.